The largest absolute Gasteiger partial charge is 0.573 e. The second-order valence-corrected chi connectivity index (χ2v) is 2.62. The fourth-order valence-electron chi connectivity index (χ4n) is 0.873. The molecule has 0 saturated carbocycles. The number of alkyl halides is 3. The highest BCUT2D eigenvalue weighted by atomic mass is 19.4. The molecule has 1 amide bonds. The van der Waals surface area contributed by atoms with Crippen LogP contribution in [0.3, 0.4) is 0 Å². The molecule has 0 aliphatic heterocycles. The van der Waals surface area contributed by atoms with Gasteiger partial charge >= 0.3 is 12.5 Å². The van der Waals surface area contributed by atoms with Crippen LogP contribution >= 0.6 is 0 Å². The van der Waals surface area contributed by atoms with E-state index >= 15 is 0 Å². The summed E-state index contributed by atoms with van der Waals surface area (Å²) >= 11 is 0. The van der Waals surface area contributed by atoms with E-state index in [4.69, 9.17) is 0 Å². The van der Waals surface area contributed by atoms with Crippen molar-refractivity contribution in [3.63, 3.8) is 0 Å². The van der Waals surface area contributed by atoms with E-state index in [9.17, 15) is 18.0 Å². The average Bonchev–Trinajstić information content (AvgIpc) is 2.18. The van der Waals surface area contributed by atoms with Crippen LogP contribution in [0.4, 0.5) is 23.7 Å². The van der Waals surface area contributed by atoms with Crippen LogP contribution in [0.25, 0.3) is 0 Å². The topological polar surface area (TPSA) is 49.6 Å². The average molecular weight is 234 g/mol. The molecule has 1 rings (SSSR count). The quantitative estimate of drug-likeness (QED) is 0.790. The molecule has 0 heterocycles. The van der Waals surface area contributed by atoms with E-state index in [0.29, 0.717) is 0 Å². The summed E-state index contributed by atoms with van der Waals surface area (Å²) in [5.41, 5.74) is 0.182. The number of halogens is 3. The summed E-state index contributed by atoms with van der Waals surface area (Å²) in [6.45, 7) is 0. The molecule has 1 aromatic carbocycles. The second kappa shape index (κ2) is 4.73. The minimum absolute atomic E-state index is 0.182. The smallest absolute Gasteiger partial charge is 0.451 e. The monoisotopic (exact) mass is 234 g/mol. The number of hydrogen-bond donors (Lipinski definition) is 0. The Morgan fingerprint density at radius 1 is 1.25 bits per heavy atom. The minimum Gasteiger partial charge on any atom is -0.451 e. The standard InChI is InChI=1S/C9H7F3NO3/c1-15-8(14)13-6-2-4-7(5-3-6)16-9(10,11)12/h2-5H,1H3. The van der Waals surface area contributed by atoms with E-state index in [-0.39, 0.29) is 11.4 Å². The Bertz CT molecular complexity index is 361. The molecular weight excluding hydrogens is 227 g/mol. The van der Waals surface area contributed by atoms with Gasteiger partial charge < -0.3 is 9.47 Å². The molecule has 1 aromatic rings. The second-order valence-electron chi connectivity index (χ2n) is 2.62. The normalized spacial score (nSPS) is 10.8. The molecular formula is C9H7F3NO3. The van der Waals surface area contributed by atoms with Gasteiger partial charge in [0.1, 0.15) is 5.75 Å². The van der Waals surface area contributed by atoms with Crippen molar-refractivity contribution in [1.82, 2.24) is 5.32 Å². The fraction of sp³-hybridized carbons (Fsp3) is 0.222. The van der Waals surface area contributed by atoms with Crippen molar-refractivity contribution in [2.45, 2.75) is 6.36 Å². The number of nitrogens with zero attached hydrogens (tertiary/aromatic N) is 1. The van der Waals surface area contributed by atoms with Crippen LogP contribution in [-0.2, 0) is 4.74 Å². The van der Waals surface area contributed by atoms with E-state index in [2.05, 4.69) is 14.8 Å². The number of carbonyl (C=O) groups is 1. The van der Waals surface area contributed by atoms with Gasteiger partial charge in [-0.15, -0.1) is 13.2 Å². The molecule has 0 fully saturated rings. The van der Waals surface area contributed by atoms with Crippen LogP contribution in [0.2, 0.25) is 0 Å². The third-order valence-electron chi connectivity index (χ3n) is 1.47. The zero-order chi connectivity index (χ0) is 12.2. The van der Waals surface area contributed by atoms with Gasteiger partial charge in [0.05, 0.1) is 12.8 Å². The van der Waals surface area contributed by atoms with Crippen molar-refractivity contribution < 1.29 is 27.4 Å². The van der Waals surface area contributed by atoms with E-state index in [1.165, 1.54) is 12.1 Å². The number of benzene rings is 1. The van der Waals surface area contributed by atoms with Crippen LogP contribution in [0.15, 0.2) is 24.3 Å². The number of amides is 1. The summed E-state index contributed by atoms with van der Waals surface area (Å²) in [5, 5.41) is 3.42. The van der Waals surface area contributed by atoms with Crippen molar-refractivity contribution in [2.75, 3.05) is 7.11 Å². The molecule has 0 aliphatic rings. The Kier molecular flexibility index (Phi) is 3.60. The van der Waals surface area contributed by atoms with Crippen LogP contribution in [0.1, 0.15) is 0 Å². The van der Waals surface area contributed by atoms with E-state index in [1.807, 2.05) is 0 Å². The Morgan fingerprint density at radius 2 is 1.81 bits per heavy atom. The Morgan fingerprint density at radius 3 is 2.25 bits per heavy atom. The third-order valence-corrected chi connectivity index (χ3v) is 1.47. The first-order valence-electron chi connectivity index (χ1n) is 4.06. The van der Waals surface area contributed by atoms with Gasteiger partial charge in [-0.05, 0) is 24.3 Å². The molecule has 4 nitrogen and oxygen atoms in total. The lowest BCUT2D eigenvalue weighted by atomic mass is 10.3. The summed E-state index contributed by atoms with van der Waals surface area (Å²) < 4.78 is 43.2. The van der Waals surface area contributed by atoms with Crippen molar-refractivity contribution in [3.8, 4) is 5.75 Å². The fourth-order valence-corrected chi connectivity index (χ4v) is 0.873. The van der Waals surface area contributed by atoms with Gasteiger partial charge in [0.25, 0.3) is 0 Å². The Balaban J connectivity index is 2.64. The first kappa shape index (κ1) is 12.2. The SMILES string of the molecule is COC(=O)[N]c1ccc(OC(F)(F)F)cc1. The molecule has 1 radical (unpaired) electrons. The molecule has 0 bridgehead atoms. The zero-order valence-corrected chi connectivity index (χ0v) is 8.12. The predicted octanol–water partition coefficient (Wildman–Crippen LogP) is 2.59. The minimum atomic E-state index is -4.74. The summed E-state index contributed by atoms with van der Waals surface area (Å²) in [4.78, 5) is 10.7. The maximum Gasteiger partial charge on any atom is 0.573 e. The predicted molar refractivity (Wildman–Crippen MR) is 47.3 cm³/mol. The van der Waals surface area contributed by atoms with Gasteiger partial charge in [-0.3, -0.25) is 0 Å². The number of carbonyl (C=O) groups excluding carboxylic acids is 1. The summed E-state index contributed by atoms with van der Waals surface area (Å²) in [5.74, 6) is -0.378. The van der Waals surface area contributed by atoms with Gasteiger partial charge in [0.2, 0.25) is 0 Å². The van der Waals surface area contributed by atoms with Crippen LogP contribution in [0, 0.1) is 0 Å². The van der Waals surface area contributed by atoms with E-state index in [0.717, 1.165) is 19.2 Å². The molecule has 0 unspecified atom stereocenters. The Labute approximate surface area is 89.0 Å². The molecule has 0 spiro atoms. The molecule has 0 aliphatic carbocycles. The van der Waals surface area contributed by atoms with Crippen molar-refractivity contribution in [3.05, 3.63) is 24.3 Å². The summed E-state index contributed by atoms with van der Waals surface area (Å²) in [7, 11) is 1.15. The lowest BCUT2D eigenvalue weighted by molar-refractivity contribution is -0.274. The third kappa shape index (κ3) is 4.07. The molecule has 16 heavy (non-hydrogen) atoms. The van der Waals surface area contributed by atoms with Crippen molar-refractivity contribution in [2.24, 2.45) is 0 Å². The molecule has 0 N–H and O–H groups in total. The van der Waals surface area contributed by atoms with Crippen molar-refractivity contribution in [1.29, 1.82) is 0 Å². The lowest BCUT2D eigenvalue weighted by Crippen LogP contribution is -2.17. The molecule has 0 saturated heterocycles. The summed E-state index contributed by atoms with van der Waals surface area (Å²) in [6.07, 6.45) is -5.56. The summed E-state index contributed by atoms with van der Waals surface area (Å²) in [6, 6.07) is 4.51. The van der Waals surface area contributed by atoms with Crippen molar-refractivity contribution >= 4 is 11.8 Å². The maximum atomic E-state index is 11.8. The maximum absolute atomic E-state index is 11.8. The van der Waals surface area contributed by atoms with Gasteiger partial charge in [-0.2, -0.15) is 5.32 Å². The number of ether oxygens (including phenoxy) is 2. The van der Waals surface area contributed by atoms with E-state index < -0.39 is 12.5 Å². The van der Waals surface area contributed by atoms with Crippen LogP contribution in [-0.4, -0.2) is 19.6 Å². The first-order valence-corrected chi connectivity index (χ1v) is 4.06. The van der Waals surface area contributed by atoms with Crippen LogP contribution in [0.5, 0.6) is 5.75 Å². The highest BCUT2D eigenvalue weighted by molar-refractivity contribution is 5.73. The first-order chi connectivity index (χ1) is 7.40. The van der Waals surface area contributed by atoms with Gasteiger partial charge in [-0.1, -0.05) is 0 Å². The highest BCUT2D eigenvalue weighted by Gasteiger charge is 2.30. The molecule has 0 atom stereocenters. The molecule has 0 aromatic heterocycles. The Hall–Kier alpha value is -1.92. The van der Waals surface area contributed by atoms with Crippen LogP contribution < -0.4 is 10.1 Å². The lowest BCUT2D eigenvalue weighted by Gasteiger charge is -2.08. The molecule has 87 valence electrons. The van der Waals surface area contributed by atoms with Gasteiger partial charge in [0.15, 0.2) is 0 Å². The van der Waals surface area contributed by atoms with E-state index in [1.54, 1.807) is 0 Å². The van der Waals surface area contributed by atoms with Gasteiger partial charge in [-0.25, -0.2) is 4.79 Å². The highest BCUT2D eigenvalue weighted by Crippen LogP contribution is 2.23. The number of rotatable bonds is 2. The number of methoxy groups -OCH3 is 1. The zero-order valence-electron chi connectivity index (χ0n) is 8.12. The van der Waals surface area contributed by atoms with Gasteiger partial charge in [0, 0.05) is 0 Å². The number of hydrogen-bond acceptors (Lipinski definition) is 3. The molecule has 7 heteroatoms.